The van der Waals surface area contributed by atoms with E-state index in [1.54, 1.807) is 27.7 Å². The van der Waals surface area contributed by atoms with Crippen LogP contribution in [-0.2, 0) is 4.79 Å². The van der Waals surface area contributed by atoms with Crippen LogP contribution in [0.1, 0.15) is 29.8 Å². The molecule has 0 spiro atoms. The van der Waals surface area contributed by atoms with Crippen LogP contribution in [0.5, 0.6) is 0 Å². The molecule has 1 aromatic heterocycles. The Morgan fingerprint density at radius 3 is 2.40 bits per heavy atom. The van der Waals surface area contributed by atoms with Crippen molar-refractivity contribution in [3.8, 4) is 16.9 Å². The van der Waals surface area contributed by atoms with Crippen molar-refractivity contribution in [2.24, 2.45) is 0 Å². The number of hydrogen-bond acceptors (Lipinski definition) is 3. The van der Waals surface area contributed by atoms with E-state index < -0.39 is 0 Å². The predicted molar refractivity (Wildman–Crippen MR) is 140 cm³/mol. The number of anilines is 1. The van der Waals surface area contributed by atoms with E-state index in [2.05, 4.69) is 10.3 Å². The number of imidazole rings is 1. The average Bonchev–Trinajstić information content (AvgIpc) is 3.26. The van der Waals surface area contributed by atoms with Crippen LogP contribution in [0.25, 0.3) is 16.9 Å². The van der Waals surface area contributed by atoms with Gasteiger partial charge in [0, 0.05) is 34.1 Å². The van der Waals surface area contributed by atoms with Crippen molar-refractivity contribution < 1.29 is 9.59 Å². The molecule has 0 bridgehead atoms. The Labute approximate surface area is 210 Å². The standard InChI is InChI=1S/C28H27ClN4O2/c1-19(2)32(27(35)24-15-8-7-10-20(24)3)18-26(34)31-28-30-25(21-11-5-4-6-12-21)17-33(28)23-14-9-13-22(29)16-23/h4-17,19H,18H2,1-3H3,(H,30,31,34). The molecule has 7 heteroatoms. The summed E-state index contributed by atoms with van der Waals surface area (Å²) in [7, 11) is 0. The van der Waals surface area contributed by atoms with Gasteiger partial charge in [-0.15, -0.1) is 0 Å². The molecule has 4 rings (SSSR count). The van der Waals surface area contributed by atoms with Crippen molar-refractivity contribution in [1.82, 2.24) is 14.5 Å². The summed E-state index contributed by atoms with van der Waals surface area (Å²) >= 11 is 6.22. The third-order valence-electron chi connectivity index (χ3n) is 5.69. The topological polar surface area (TPSA) is 67.2 Å². The van der Waals surface area contributed by atoms with Gasteiger partial charge in [-0.3, -0.25) is 19.5 Å². The van der Waals surface area contributed by atoms with Gasteiger partial charge in [-0.1, -0.05) is 66.2 Å². The Bertz CT molecular complexity index is 1350. The maximum Gasteiger partial charge on any atom is 0.254 e. The number of carbonyl (C=O) groups excluding carboxylic acids is 2. The summed E-state index contributed by atoms with van der Waals surface area (Å²) < 4.78 is 1.79. The van der Waals surface area contributed by atoms with Gasteiger partial charge in [0.1, 0.15) is 6.54 Å². The van der Waals surface area contributed by atoms with E-state index in [1.807, 2.05) is 87.6 Å². The highest BCUT2D eigenvalue weighted by molar-refractivity contribution is 6.30. The second kappa shape index (κ2) is 10.6. The predicted octanol–water partition coefficient (Wildman–Crippen LogP) is 5.99. The normalized spacial score (nSPS) is 10.9. The third-order valence-corrected chi connectivity index (χ3v) is 5.92. The molecule has 178 valence electrons. The number of carbonyl (C=O) groups is 2. The molecule has 3 aromatic carbocycles. The van der Waals surface area contributed by atoms with Crippen molar-refractivity contribution >= 4 is 29.4 Å². The van der Waals surface area contributed by atoms with Crippen LogP contribution in [0.4, 0.5) is 5.95 Å². The molecule has 2 amide bonds. The van der Waals surface area contributed by atoms with E-state index in [9.17, 15) is 9.59 Å². The number of aromatic nitrogens is 2. The number of rotatable bonds is 7. The van der Waals surface area contributed by atoms with E-state index in [-0.39, 0.29) is 24.4 Å². The van der Waals surface area contributed by atoms with Crippen molar-refractivity contribution in [2.45, 2.75) is 26.8 Å². The molecule has 0 saturated heterocycles. The number of hydrogen-bond donors (Lipinski definition) is 1. The fraction of sp³-hybridized carbons (Fsp3) is 0.179. The molecule has 6 nitrogen and oxygen atoms in total. The van der Waals surface area contributed by atoms with Crippen LogP contribution >= 0.6 is 11.6 Å². The minimum atomic E-state index is -0.339. The highest BCUT2D eigenvalue weighted by atomic mass is 35.5. The lowest BCUT2D eigenvalue weighted by Gasteiger charge is -2.26. The van der Waals surface area contributed by atoms with Crippen LogP contribution in [0.2, 0.25) is 5.02 Å². The fourth-order valence-corrected chi connectivity index (χ4v) is 4.00. The summed E-state index contributed by atoms with van der Waals surface area (Å²) in [6.07, 6.45) is 1.86. The molecule has 0 radical (unpaired) electrons. The first-order valence-electron chi connectivity index (χ1n) is 11.4. The Morgan fingerprint density at radius 2 is 1.71 bits per heavy atom. The van der Waals surface area contributed by atoms with Gasteiger partial charge in [-0.05, 0) is 50.6 Å². The molecule has 4 aromatic rings. The number of amides is 2. The van der Waals surface area contributed by atoms with Gasteiger partial charge in [0.2, 0.25) is 11.9 Å². The molecule has 0 saturated carbocycles. The van der Waals surface area contributed by atoms with Crippen LogP contribution in [-0.4, -0.2) is 38.9 Å². The van der Waals surface area contributed by atoms with Gasteiger partial charge in [0.25, 0.3) is 5.91 Å². The maximum absolute atomic E-state index is 13.2. The molecule has 0 atom stereocenters. The Balaban J connectivity index is 1.63. The van der Waals surface area contributed by atoms with E-state index in [4.69, 9.17) is 11.6 Å². The SMILES string of the molecule is Cc1ccccc1C(=O)N(CC(=O)Nc1nc(-c2ccccc2)cn1-c1cccc(Cl)c1)C(C)C. The fourth-order valence-electron chi connectivity index (χ4n) is 3.81. The van der Waals surface area contributed by atoms with Crippen LogP contribution < -0.4 is 5.32 Å². The first kappa shape index (κ1) is 24.2. The zero-order valence-electron chi connectivity index (χ0n) is 19.9. The summed E-state index contributed by atoms with van der Waals surface area (Å²) in [5.41, 5.74) is 3.84. The van der Waals surface area contributed by atoms with Gasteiger partial charge in [0.05, 0.1) is 5.69 Å². The Hall–Kier alpha value is -3.90. The summed E-state index contributed by atoms with van der Waals surface area (Å²) in [5, 5.41) is 3.47. The summed E-state index contributed by atoms with van der Waals surface area (Å²) in [5.74, 6) is -0.173. The lowest BCUT2D eigenvalue weighted by atomic mass is 10.1. The second-order valence-corrected chi connectivity index (χ2v) is 8.99. The molecule has 0 aliphatic carbocycles. The van der Waals surface area contributed by atoms with Gasteiger partial charge < -0.3 is 4.90 Å². The lowest BCUT2D eigenvalue weighted by Crippen LogP contribution is -2.42. The van der Waals surface area contributed by atoms with Gasteiger partial charge >= 0.3 is 0 Å². The van der Waals surface area contributed by atoms with Crippen molar-refractivity contribution in [1.29, 1.82) is 0 Å². The second-order valence-electron chi connectivity index (χ2n) is 8.56. The molecule has 0 unspecified atom stereocenters. The number of nitrogens with zero attached hydrogens (tertiary/aromatic N) is 3. The highest BCUT2D eigenvalue weighted by Gasteiger charge is 2.24. The Kier molecular flexibility index (Phi) is 7.32. The van der Waals surface area contributed by atoms with E-state index >= 15 is 0 Å². The molecule has 0 aliphatic heterocycles. The van der Waals surface area contributed by atoms with E-state index in [0.29, 0.717) is 22.2 Å². The largest absolute Gasteiger partial charge is 0.327 e. The average molecular weight is 487 g/mol. The molecular weight excluding hydrogens is 460 g/mol. The molecule has 0 aliphatic rings. The molecule has 0 fully saturated rings. The zero-order chi connectivity index (χ0) is 24.9. The lowest BCUT2D eigenvalue weighted by molar-refractivity contribution is -0.117. The third kappa shape index (κ3) is 5.61. The minimum Gasteiger partial charge on any atom is -0.327 e. The summed E-state index contributed by atoms with van der Waals surface area (Å²) in [6.45, 7) is 5.57. The van der Waals surface area contributed by atoms with Crippen LogP contribution in [0, 0.1) is 6.92 Å². The maximum atomic E-state index is 13.2. The van der Waals surface area contributed by atoms with Crippen molar-refractivity contribution in [3.63, 3.8) is 0 Å². The number of nitrogens with one attached hydrogen (secondary N) is 1. The quantitative estimate of drug-likeness (QED) is 0.349. The van der Waals surface area contributed by atoms with E-state index in [1.165, 1.54) is 0 Å². The summed E-state index contributed by atoms with van der Waals surface area (Å²) in [4.78, 5) is 32.6. The smallest absolute Gasteiger partial charge is 0.254 e. The summed E-state index contributed by atoms with van der Waals surface area (Å²) in [6, 6.07) is 24.2. The van der Waals surface area contributed by atoms with Crippen LogP contribution in [0.15, 0.2) is 85.1 Å². The zero-order valence-corrected chi connectivity index (χ0v) is 20.7. The first-order valence-corrected chi connectivity index (χ1v) is 11.8. The van der Waals surface area contributed by atoms with E-state index in [0.717, 1.165) is 16.8 Å². The molecule has 35 heavy (non-hydrogen) atoms. The number of halogens is 1. The van der Waals surface area contributed by atoms with Gasteiger partial charge in [-0.2, -0.15) is 0 Å². The first-order chi connectivity index (χ1) is 16.8. The monoisotopic (exact) mass is 486 g/mol. The van der Waals surface area contributed by atoms with Gasteiger partial charge in [0.15, 0.2) is 0 Å². The van der Waals surface area contributed by atoms with Crippen molar-refractivity contribution in [2.75, 3.05) is 11.9 Å². The minimum absolute atomic E-state index is 0.103. The van der Waals surface area contributed by atoms with Crippen LogP contribution in [0.3, 0.4) is 0 Å². The Morgan fingerprint density at radius 1 is 1.00 bits per heavy atom. The van der Waals surface area contributed by atoms with Gasteiger partial charge in [-0.25, -0.2) is 4.98 Å². The molecular formula is C28H27ClN4O2. The number of benzene rings is 3. The highest BCUT2D eigenvalue weighted by Crippen LogP contribution is 2.25. The van der Waals surface area contributed by atoms with Crippen molar-refractivity contribution in [3.05, 3.63) is 101 Å². The molecule has 1 heterocycles. The number of aryl methyl sites for hydroxylation is 1. The molecule has 1 N–H and O–H groups in total.